The van der Waals surface area contributed by atoms with Crippen LogP contribution in [0.3, 0.4) is 0 Å². The Morgan fingerprint density at radius 2 is 1.15 bits per heavy atom. The van der Waals surface area contributed by atoms with Crippen LogP contribution in [0.15, 0.2) is 219 Å². The number of aromatic hydroxyl groups is 1. The molecule has 1 N–H and O–H groups in total. The molecule has 0 amide bonds. The third-order valence-corrected chi connectivity index (χ3v) is 14.0. The Balaban J connectivity index is 1.16. The molecule has 13 rings (SSSR count). The smallest absolute Gasteiger partial charge is 0.151 e. The predicted octanol–water partition coefficient (Wildman–Crippen LogP) is 16.9. The van der Waals surface area contributed by atoms with Crippen LogP contribution in [0.2, 0.25) is 0 Å². The highest BCUT2D eigenvalue weighted by molar-refractivity contribution is 6.24. The van der Waals surface area contributed by atoms with E-state index in [1.807, 2.05) is 66.9 Å². The van der Waals surface area contributed by atoms with Crippen molar-refractivity contribution in [2.45, 2.75) is 19.3 Å². The number of nitrogens with zero attached hydrogens (tertiary/aromatic N) is 3. The monoisotopic (exact) mass is 861 g/mol. The van der Waals surface area contributed by atoms with Gasteiger partial charge in [-0.2, -0.15) is 0 Å². The second-order valence-electron chi connectivity index (χ2n) is 18.1. The van der Waals surface area contributed by atoms with Crippen molar-refractivity contribution < 1.29 is 9.84 Å². The van der Waals surface area contributed by atoms with Gasteiger partial charge < -0.3 is 19.6 Å². The fraction of sp³-hybridized carbons (Fsp3) is 0.0484. The van der Waals surface area contributed by atoms with Gasteiger partial charge in [-0.05, 0) is 145 Å². The maximum absolute atomic E-state index is 11.5. The molecule has 0 fully saturated rings. The maximum Gasteiger partial charge on any atom is 0.151 e. The molecule has 1 aliphatic heterocycles. The van der Waals surface area contributed by atoms with Crippen LogP contribution in [0.4, 0.5) is 34.1 Å². The Morgan fingerprint density at radius 3 is 1.97 bits per heavy atom. The zero-order chi connectivity index (χ0) is 44.8. The normalized spacial score (nSPS) is 13.2. The summed E-state index contributed by atoms with van der Waals surface area (Å²) < 4.78 is 6.50. The van der Waals surface area contributed by atoms with Crippen LogP contribution < -0.4 is 14.5 Å². The number of hydrogen-bond acceptors (Lipinski definition) is 5. The van der Waals surface area contributed by atoms with E-state index >= 15 is 0 Å². The molecule has 5 nitrogen and oxygen atoms in total. The lowest BCUT2D eigenvalue weighted by molar-refractivity contribution is 0.476. The third-order valence-electron chi connectivity index (χ3n) is 14.0. The van der Waals surface area contributed by atoms with Crippen LogP contribution in [0.25, 0.3) is 65.8 Å². The summed E-state index contributed by atoms with van der Waals surface area (Å²) in [6.45, 7) is 4.69. The first-order valence-electron chi connectivity index (χ1n) is 22.8. The molecule has 0 spiro atoms. The van der Waals surface area contributed by atoms with E-state index in [0.29, 0.717) is 5.69 Å². The molecule has 67 heavy (non-hydrogen) atoms. The number of anilines is 6. The van der Waals surface area contributed by atoms with Crippen molar-refractivity contribution in [3.8, 4) is 50.8 Å². The standard InChI is InChI=1S/C62H43N3O2/c1-62(2)51-21-9-8-20-45(51)46-31-28-40(36-52(46)62)59-47-32-30-43(65-54-23-11-14-26-57(54)67-58-27-15-12-24-55(58)65)38-50(47)60(61-44-19-7-6-16-39(44)34-35-63-61)48-33-29-42(37-49(48)59)64(41-17-4-3-5-18-41)53-22-10-13-25-56(53)66/h3-38,66H,1-2H3. The number of hydrogen-bond donors (Lipinski definition) is 1. The molecule has 5 heteroatoms. The molecule has 0 radical (unpaired) electrons. The summed E-state index contributed by atoms with van der Waals surface area (Å²) in [5.74, 6) is 1.81. The summed E-state index contributed by atoms with van der Waals surface area (Å²) in [6.07, 6.45) is 1.94. The highest BCUT2D eigenvalue weighted by Gasteiger charge is 2.36. The second kappa shape index (κ2) is 14.9. The predicted molar refractivity (Wildman–Crippen MR) is 276 cm³/mol. The van der Waals surface area contributed by atoms with Gasteiger partial charge in [0, 0.05) is 39.6 Å². The largest absolute Gasteiger partial charge is 0.506 e. The number of phenols is 1. The first-order valence-corrected chi connectivity index (χ1v) is 22.8. The van der Waals surface area contributed by atoms with E-state index in [9.17, 15) is 5.11 Å². The van der Waals surface area contributed by atoms with Crippen molar-refractivity contribution in [2.75, 3.05) is 9.80 Å². The minimum Gasteiger partial charge on any atom is -0.506 e. The van der Waals surface area contributed by atoms with E-state index in [0.717, 1.165) is 94.6 Å². The van der Waals surface area contributed by atoms with Crippen LogP contribution in [-0.2, 0) is 5.41 Å². The van der Waals surface area contributed by atoms with Crippen LogP contribution in [0.5, 0.6) is 17.2 Å². The topological polar surface area (TPSA) is 48.8 Å². The highest BCUT2D eigenvalue weighted by atomic mass is 16.5. The Hall–Kier alpha value is -8.67. The number of fused-ring (bicyclic) bond motifs is 8. The van der Waals surface area contributed by atoms with Gasteiger partial charge in [0.1, 0.15) is 5.75 Å². The zero-order valence-corrected chi connectivity index (χ0v) is 37.0. The summed E-state index contributed by atoms with van der Waals surface area (Å²) in [6, 6.07) is 74.6. The Bertz CT molecular complexity index is 3750. The molecule has 0 bridgehead atoms. The van der Waals surface area contributed by atoms with E-state index in [-0.39, 0.29) is 11.2 Å². The minimum atomic E-state index is -0.204. The van der Waals surface area contributed by atoms with Gasteiger partial charge in [0.15, 0.2) is 11.5 Å². The molecule has 10 aromatic carbocycles. The van der Waals surface area contributed by atoms with E-state index in [1.165, 1.54) is 22.3 Å². The van der Waals surface area contributed by atoms with Crippen molar-refractivity contribution in [2.24, 2.45) is 0 Å². The number of phenolic OH excluding ortho intramolecular Hbond substituents is 1. The van der Waals surface area contributed by atoms with Crippen LogP contribution in [0, 0.1) is 0 Å². The molecule has 1 aliphatic carbocycles. The van der Waals surface area contributed by atoms with Gasteiger partial charge >= 0.3 is 0 Å². The molecular weight excluding hydrogens is 819 g/mol. The molecule has 318 valence electrons. The van der Waals surface area contributed by atoms with Crippen LogP contribution in [0.1, 0.15) is 25.0 Å². The number of para-hydroxylation sites is 7. The number of aromatic nitrogens is 1. The lowest BCUT2D eigenvalue weighted by Gasteiger charge is -2.33. The molecular formula is C62H43N3O2. The number of pyridine rings is 1. The summed E-state index contributed by atoms with van der Waals surface area (Å²) in [4.78, 5) is 9.74. The lowest BCUT2D eigenvalue weighted by Crippen LogP contribution is -2.15. The van der Waals surface area contributed by atoms with Crippen molar-refractivity contribution in [3.63, 3.8) is 0 Å². The molecule has 0 atom stereocenters. The van der Waals surface area contributed by atoms with E-state index in [4.69, 9.17) is 9.72 Å². The Kier molecular flexibility index (Phi) is 8.65. The fourth-order valence-electron chi connectivity index (χ4n) is 10.9. The average Bonchev–Trinajstić information content (AvgIpc) is 3.60. The van der Waals surface area contributed by atoms with Gasteiger partial charge in [-0.15, -0.1) is 0 Å². The quantitative estimate of drug-likeness (QED) is 0.169. The number of rotatable bonds is 6. The average molecular weight is 862 g/mol. The summed E-state index contributed by atoms with van der Waals surface area (Å²) in [7, 11) is 0. The van der Waals surface area contributed by atoms with Crippen molar-refractivity contribution in [1.82, 2.24) is 4.98 Å². The highest BCUT2D eigenvalue weighted by Crippen LogP contribution is 2.55. The summed E-state index contributed by atoms with van der Waals surface area (Å²) in [5.41, 5.74) is 14.8. The third kappa shape index (κ3) is 5.98. The van der Waals surface area contributed by atoms with Crippen molar-refractivity contribution >= 4 is 66.4 Å². The SMILES string of the molecule is CC1(C)c2ccccc2-c2ccc(-c3c4cc(N(c5ccccc5)c5ccccc5O)ccc4c(-c4nccc5ccccc45)c4cc(N5c6ccccc6Oc6ccccc65)ccc34)cc21. The van der Waals surface area contributed by atoms with Gasteiger partial charge in [0.05, 0.1) is 22.8 Å². The maximum atomic E-state index is 11.5. The zero-order valence-electron chi connectivity index (χ0n) is 37.0. The van der Waals surface area contributed by atoms with E-state index in [1.54, 1.807) is 6.07 Å². The summed E-state index contributed by atoms with van der Waals surface area (Å²) >= 11 is 0. The minimum absolute atomic E-state index is 0.199. The molecule has 0 saturated heterocycles. The first kappa shape index (κ1) is 38.8. The van der Waals surface area contributed by atoms with Crippen molar-refractivity contribution in [1.29, 1.82) is 0 Å². The Labute approximate surface area is 389 Å². The first-order chi connectivity index (χ1) is 32.9. The molecule has 1 aromatic heterocycles. The van der Waals surface area contributed by atoms with Gasteiger partial charge in [0.2, 0.25) is 0 Å². The van der Waals surface area contributed by atoms with E-state index in [2.05, 4.69) is 169 Å². The molecule has 2 heterocycles. The molecule has 0 saturated carbocycles. The number of ether oxygens (including phenoxy) is 1. The van der Waals surface area contributed by atoms with Crippen molar-refractivity contribution in [3.05, 3.63) is 230 Å². The summed E-state index contributed by atoms with van der Waals surface area (Å²) in [5, 5.41) is 18.0. The fourth-order valence-corrected chi connectivity index (χ4v) is 10.9. The van der Waals surface area contributed by atoms with Gasteiger partial charge in [-0.25, -0.2) is 0 Å². The van der Waals surface area contributed by atoms with E-state index < -0.39 is 0 Å². The Morgan fingerprint density at radius 1 is 0.493 bits per heavy atom. The van der Waals surface area contributed by atoms with Crippen LogP contribution >= 0.6 is 0 Å². The molecule has 2 aliphatic rings. The lowest BCUT2D eigenvalue weighted by atomic mass is 9.80. The van der Waals surface area contributed by atoms with Crippen LogP contribution in [-0.4, -0.2) is 10.1 Å². The second-order valence-corrected chi connectivity index (χ2v) is 18.1. The van der Waals surface area contributed by atoms with Gasteiger partial charge in [-0.1, -0.05) is 141 Å². The molecule has 11 aromatic rings. The van der Waals surface area contributed by atoms with Gasteiger partial charge in [0.25, 0.3) is 0 Å². The molecule has 0 unspecified atom stereocenters. The number of benzene rings is 10. The van der Waals surface area contributed by atoms with Gasteiger partial charge in [-0.3, -0.25) is 4.98 Å².